The number of halogens is 2. The highest BCUT2D eigenvalue weighted by Crippen LogP contribution is 2.39. The van der Waals surface area contributed by atoms with E-state index in [9.17, 15) is 14.0 Å². The molecule has 162 valence electrons. The summed E-state index contributed by atoms with van der Waals surface area (Å²) in [6.45, 7) is 0.0499. The van der Waals surface area contributed by atoms with Gasteiger partial charge in [-0.15, -0.1) is 0 Å². The van der Waals surface area contributed by atoms with Crippen molar-refractivity contribution in [2.24, 2.45) is 0 Å². The second kappa shape index (κ2) is 9.74. The zero-order valence-corrected chi connectivity index (χ0v) is 19.9. The number of benzene rings is 3. The molecule has 1 aliphatic heterocycles. The molecule has 1 fully saturated rings. The topological polar surface area (TPSA) is 55.8 Å². The largest absolute Gasteiger partial charge is 0.493 e. The summed E-state index contributed by atoms with van der Waals surface area (Å²) in [5, 5.41) is -0.348. The van der Waals surface area contributed by atoms with Gasteiger partial charge in [-0.25, -0.2) is 9.29 Å². The number of methoxy groups -OCH3 is 1. The van der Waals surface area contributed by atoms with E-state index in [1.54, 1.807) is 54.6 Å². The maximum absolute atomic E-state index is 13.9. The number of carbonyl (C=O) groups excluding carboxylic acids is 2. The average Bonchev–Trinajstić information content (AvgIpc) is 3.07. The lowest BCUT2D eigenvalue weighted by molar-refractivity contribution is -0.113. The lowest BCUT2D eigenvalue weighted by Crippen LogP contribution is -2.27. The Morgan fingerprint density at radius 1 is 1.06 bits per heavy atom. The molecule has 5 nitrogen and oxygen atoms in total. The van der Waals surface area contributed by atoms with E-state index in [0.29, 0.717) is 33.2 Å². The van der Waals surface area contributed by atoms with Crippen molar-refractivity contribution in [2.75, 3.05) is 12.0 Å². The predicted molar refractivity (Wildman–Crippen MR) is 131 cm³/mol. The number of nitrogens with zero attached hydrogens (tertiary/aromatic N) is 1. The van der Waals surface area contributed by atoms with Crippen LogP contribution in [0.4, 0.5) is 14.9 Å². The van der Waals surface area contributed by atoms with Crippen LogP contribution >= 0.6 is 34.4 Å². The Morgan fingerprint density at radius 2 is 1.78 bits per heavy atom. The molecule has 3 aromatic carbocycles. The SMILES string of the molecule is COc1cc(/C=C2/SC(=O)N(c3ccccc3)C2=O)cc(I)c1OCc1ccccc1F. The van der Waals surface area contributed by atoms with Gasteiger partial charge in [-0.1, -0.05) is 36.4 Å². The van der Waals surface area contributed by atoms with Gasteiger partial charge in [-0.3, -0.25) is 9.59 Å². The highest BCUT2D eigenvalue weighted by atomic mass is 127. The van der Waals surface area contributed by atoms with Crippen LogP contribution in [0.25, 0.3) is 6.08 Å². The number of para-hydroxylation sites is 1. The Hall–Kier alpha value is -2.85. The van der Waals surface area contributed by atoms with Crippen LogP contribution in [0.2, 0.25) is 0 Å². The maximum atomic E-state index is 13.9. The van der Waals surface area contributed by atoms with E-state index >= 15 is 0 Å². The number of carbonyl (C=O) groups is 2. The predicted octanol–water partition coefficient (Wildman–Crippen LogP) is 6.26. The Labute approximate surface area is 202 Å². The Morgan fingerprint density at radius 3 is 2.50 bits per heavy atom. The molecule has 0 aromatic heterocycles. The second-order valence-electron chi connectivity index (χ2n) is 6.77. The molecule has 1 aliphatic rings. The van der Waals surface area contributed by atoms with Gasteiger partial charge in [0.15, 0.2) is 11.5 Å². The van der Waals surface area contributed by atoms with Gasteiger partial charge in [0, 0.05) is 5.56 Å². The first-order valence-electron chi connectivity index (χ1n) is 9.54. The van der Waals surface area contributed by atoms with Crippen molar-refractivity contribution in [3.63, 3.8) is 0 Å². The number of thioether (sulfide) groups is 1. The Kier molecular flexibility index (Phi) is 6.80. The highest BCUT2D eigenvalue weighted by Gasteiger charge is 2.36. The van der Waals surface area contributed by atoms with E-state index in [1.807, 2.05) is 12.1 Å². The van der Waals surface area contributed by atoms with Gasteiger partial charge in [0.25, 0.3) is 11.1 Å². The summed E-state index contributed by atoms with van der Waals surface area (Å²) in [6.07, 6.45) is 1.65. The van der Waals surface area contributed by atoms with E-state index in [4.69, 9.17) is 9.47 Å². The molecule has 0 atom stereocenters. The Bertz CT molecular complexity index is 1220. The van der Waals surface area contributed by atoms with Crippen LogP contribution in [0.5, 0.6) is 11.5 Å². The number of hydrogen-bond acceptors (Lipinski definition) is 5. The van der Waals surface area contributed by atoms with Crippen LogP contribution in [0.15, 0.2) is 71.6 Å². The average molecular weight is 561 g/mol. The van der Waals surface area contributed by atoms with Crippen LogP contribution in [0.3, 0.4) is 0 Å². The molecule has 0 spiro atoms. The number of amides is 2. The van der Waals surface area contributed by atoms with Crippen molar-refractivity contribution in [3.05, 3.63) is 92.1 Å². The molecule has 32 heavy (non-hydrogen) atoms. The molecule has 0 saturated carbocycles. The molecule has 0 bridgehead atoms. The lowest BCUT2D eigenvalue weighted by Gasteiger charge is -2.14. The molecule has 0 N–H and O–H groups in total. The third kappa shape index (κ3) is 4.66. The van der Waals surface area contributed by atoms with Crippen molar-refractivity contribution in [2.45, 2.75) is 6.61 Å². The smallest absolute Gasteiger partial charge is 0.298 e. The molecule has 1 saturated heterocycles. The molecular weight excluding hydrogens is 544 g/mol. The minimum absolute atomic E-state index is 0.0499. The molecule has 0 unspecified atom stereocenters. The van der Waals surface area contributed by atoms with E-state index in [2.05, 4.69) is 22.6 Å². The van der Waals surface area contributed by atoms with Crippen molar-refractivity contribution >= 4 is 57.3 Å². The van der Waals surface area contributed by atoms with E-state index in [1.165, 1.54) is 13.2 Å². The summed E-state index contributed by atoms with van der Waals surface area (Å²) >= 11 is 2.99. The number of hydrogen-bond donors (Lipinski definition) is 0. The minimum Gasteiger partial charge on any atom is -0.493 e. The van der Waals surface area contributed by atoms with Crippen molar-refractivity contribution in [1.29, 1.82) is 0 Å². The summed E-state index contributed by atoms with van der Waals surface area (Å²) in [4.78, 5) is 26.7. The first kappa shape index (κ1) is 22.3. The van der Waals surface area contributed by atoms with E-state index in [0.717, 1.165) is 20.2 Å². The molecule has 4 rings (SSSR count). The molecular formula is C24H17FINO4S. The van der Waals surface area contributed by atoms with E-state index < -0.39 is 0 Å². The first-order chi connectivity index (χ1) is 15.5. The van der Waals surface area contributed by atoms with Gasteiger partial charge in [0.05, 0.1) is 21.3 Å². The van der Waals surface area contributed by atoms with Crippen LogP contribution in [-0.2, 0) is 11.4 Å². The summed E-state index contributed by atoms with van der Waals surface area (Å²) in [5.74, 6) is 0.208. The zero-order chi connectivity index (χ0) is 22.7. The summed E-state index contributed by atoms with van der Waals surface area (Å²) in [6, 6.07) is 18.7. The van der Waals surface area contributed by atoms with Gasteiger partial charge in [-0.05, 0) is 76.3 Å². The van der Waals surface area contributed by atoms with Crippen LogP contribution in [0.1, 0.15) is 11.1 Å². The quantitative estimate of drug-likeness (QED) is 0.263. The fourth-order valence-electron chi connectivity index (χ4n) is 3.15. The summed E-state index contributed by atoms with van der Waals surface area (Å²) in [7, 11) is 1.51. The number of imide groups is 1. The lowest BCUT2D eigenvalue weighted by atomic mass is 10.1. The van der Waals surface area contributed by atoms with Crippen LogP contribution < -0.4 is 14.4 Å². The fraction of sp³-hybridized carbons (Fsp3) is 0.0833. The molecule has 8 heteroatoms. The van der Waals surface area contributed by atoms with Gasteiger partial charge >= 0.3 is 0 Å². The molecule has 0 radical (unpaired) electrons. The number of anilines is 1. The van der Waals surface area contributed by atoms with Gasteiger partial charge in [0.1, 0.15) is 12.4 Å². The van der Waals surface area contributed by atoms with Gasteiger partial charge in [-0.2, -0.15) is 0 Å². The van der Waals surface area contributed by atoms with Crippen LogP contribution in [-0.4, -0.2) is 18.3 Å². The van der Waals surface area contributed by atoms with Crippen molar-refractivity contribution < 1.29 is 23.5 Å². The molecule has 0 aliphatic carbocycles. The zero-order valence-electron chi connectivity index (χ0n) is 16.9. The normalized spacial score (nSPS) is 14.8. The standard InChI is InChI=1S/C24H17FINO4S/c1-30-20-12-15(11-19(26)22(20)31-14-16-7-5-6-10-18(16)25)13-21-23(28)27(24(29)32-21)17-8-3-2-4-9-17/h2-13H,14H2,1H3/b21-13+. The molecule has 3 aromatic rings. The third-order valence-electron chi connectivity index (χ3n) is 4.69. The third-order valence-corrected chi connectivity index (χ3v) is 6.36. The summed E-state index contributed by atoms with van der Waals surface area (Å²) < 4.78 is 25.9. The minimum atomic E-state index is -0.375. The van der Waals surface area contributed by atoms with E-state index in [-0.39, 0.29) is 23.6 Å². The maximum Gasteiger partial charge on any atom is 0.298 e. The van der Waals surface area contributed by atoms with Crippen LogP contribution in [0, 0.1) is 9.39 Å². The van der Waals surface area contributed by atoms with Gasteiger partial charge < -0.3 is 9.47 Å². The monoisotopic (exact) mass is 561 g/mol. The second-order valence-corrected chi connectivity index (χ2v) is 8.92. The number of ether oxygens (including phenoxy) is 2. The highest BCUT2D eigenvalue weighted by molar-refractivity contribution is 14.1. The van der Waals surface area contributed by atoms with Gasteiger partial charge in [0.2, 0.25) is 0 Å². The fourth-order valence-corrected chi connectivity index (χ4v) is 4.77. The van der Waals surface area contributed by atoms with Crippen molar-refractivity contribution in [3.8, 4) is 11.5 Å². The van der Waals surface area contributed by atoms with Crippen molar-refractivity contribution in [1.82, 2.24) is 0 Å². The molecule has 1 heterocycles. The molecule has 2 amide bonds. The number of rotatable bonds is 6. The summed E-state index contributed by atoms with van der Waals surface area (Å²) in [5.41, 5.74) is 1.65. The first-order valence-corrected chi connectivity index (χ1v) is 11.4. The Balaban J connectivity index is 1.59.